The molecule has 2 aliphatic heterocycles. The van der Waals surface area contributed by atoms with E-state index in [1.807, 2.05) is 0 Å². The number of piperazine rings is 1. The van der Waals surface area contributed by atoms with Gasteiger partial charge in [0.15, 0.2) is 0 Å². The van der Waals surface area contributed by atoms with E-state index >= 15 is 0 Å². The number of aromatic hydroxyl groups is 1. The molecule has 47 heavy (non-hydrogen) atoms. The number of hydrogen-bond donors (Lipinski definition) is 4. The molecule has 4 N–H and O–H groups in total. The molecule has 2 aromatic heterocycles. The number of unbranched alkanes of at least 4 members (excludes halogenated alkanes) is 1. The maximum Gasteiger partial charge on any atom is 0.236 e. The van der Waals surface area contributed by atoms with Crippen LogP contribution in [0.25, 0.3) is 10.9 Å². The molecule has 0 amide bonds. The van der Waals surface area contributed by atoms with Crippen molar-refractivity contribution in [3.05, 3.63) is 58.8 Å². The Hall–Kier alpha value is -3.43. The molecule has 2 aromatic carbocycles. The number of aryl methyl sites for hydroxylation is 1. The summed E-state index contributed by atoms with van der Waals surface area (Å²) >= 11 is 3.51. The van der Waals surface area contributed by atoms with E-state index in [0.29, 0.717) is 38.9 Å². The van der Waals surface area contributed by atoms with Crippen molar-refractivity contribution in [1.82, 2.24) is 23.7 Å². The molecule has 4 aromatic rings. The first-order chi connectivity index (χ1) is 22.6. The Labute approximate surface area is 284 Å². The van der Waals surface area contributed by atoms with Crippen LogP contribution in [-0.4, -0.2) is 108 Å². The van der Waals surface area contributed by atoms with Gasteiger partial charge in [0.2, 0.25) is 16.0 Å². The summed E-state index contributed by atoms with van der Waals surface area (Å²) in [5, 5.41) is 26.8. The Balaban J connectivity index is 1.21. The Morgan fingerprint density at radius 2 is 1.77 bits per heavy atom. The van der Waals surface area contributed by atoms with Crippen molar-refractivity contribution in [3.8, 4) is 5.75 Å². The fourth-order valence-electron chi connectivity index (χ4n) is 6.62. The molecule has 0 unspecified atom stereocenters. The molecule has 2 fully saturated rings. The molecule has 0 bridgehead atoms. The molecule has 6 rings (SSSR count). The second-order valence-electron chi connectivity index (χ2n) is 12.5. The molecule has 2 aliphatic rings. The number of halogens is 1. The van der Waals surface area contributed by atoms with Crippen LogP contribution in [0.2, 0.25) is 0 Å². The van der Waals surface area contributed by atoms with Gasteiger partial charge in [0.05, 0.1) is 21.9 Å². The number of aliphatic hydroxyl groups is 1. The number of fused-ring (bicyclic) bond motifs is 1. The van der Waals surface area contributed by atoms with Crippen LogP contribution in [0, 0.1) is 0 Å². The number of benzene rings is 2. The molecule has 0 atom stereocenters. The van der Waals surface area contributed by atoms with Gasteiger partial charge in [-0.3, -0.25) is 4.90 Å². The lowest BCUT2D eigenvalue weighted by atomic mass is 9.99. The number of piperidine rings is 1. The van der Waals surface area contributed by atoms with Gasteiger partial charge in [0.25, 0.3) is 0 Å². The third-order valence-electron chi connectivity index (χ3n) is 9.19. The molecule has 12 nitrogen and oxygen atoms in total. The highest BCUT2D eigenvalue weighted by Gasteiger charge is 2.27. The van der Waals surface area contributed by atoms with Crippen molar-refractivity contribution in [1.29, 1.82) is 0 Å². The van der Waals surface area contributed by atoms with Gasteiger partial charge in [-0.1, -0.05) is 0 Å². The molecule has 252 valence electrons. The molecule has 2 saturated heterocycles. The standard InChI is InChI=1S/C33H43BrN8O4S/c1-39-16-18-40(19-17-39)25-10-13-41(14-11-25)29-8-6-24(21-23(29)5-3-4-20-43)36-33-35-22-27(34)32(38-33)37-28-7-9-30(44)26-12-15-42(31(26)28)47(2,45)46/h6-9,12,15,21-22,25,43-44H,3-5,10-11,13-14,16-20H2,1-2H3,(H2,35,36,37,38). The fourth-order valence-corrected chi connectivity index (χ4v) is 7.72. The molecule has 0 saturated carbocycles. The van der Waals surface area contributed by atoms with E-state index in [0.717, 1.165) is 87.3 Å². The van der Waals surface area contributed by atoms with E-state index in [-0.39, 0.29) is 12.4 Å². The maximum absolute atomic E-state index is 12.5. The average Bonchev–Trinajstić information content (AvgIpc) is 3.52. The number of aromatic nitrogens is 3. The van der Waals surface area contributed by atoms with Crippen LogP contribution >= 0.6 is 15.9 Å². The molecule has 14 heteroatoms. The number of phenolic OH excluding ortho intramolecular Hbond substituents is 1. The van der Waals surface area contributed by atoms with E-state index < -0.39 is 10.0 Å². The summed E-state index contributed by atoms with van der Waals surface area (Å²) in [7, 11) is -1.42. The normalized spacial score (nSPS) is 17.0. The minimum Gasteiger partial charge on any atom is -0.507 e. The number of likely N-dealkylation sites (N-methyl/N-ethyl adjacent to an activating group) is 1. The summed E-state index contributed by atoms with van der Waals surface area (Å²) in [6.45, 7) is 6.80. The third kappa shape index (κ3) is 7.67. The first-order valence-electron chi connectivity index (χ1n) is 16.1. The highest BCUT2D eigenvalue weighted by atomic mass is 79.9. The van der Waals surface area contributed by atoms with Gasteiger partial charge >= 0.3 is 0 Å². The SMILES string of the molecule is CN1CCN(C2CCN(c3ccc(Nc4ncc(Br)c(Nc5ccc(O)c6ccn(S(C)(=O)=O)c56)n4)cc3CCCCO)CC2)CC1. The topological polar surface area (TPSA) is 139 Å². The predicted octanol–water partition coefficient (Wildman–Crippen LogP) is 4.73. The van der Waals surface area contributed by atoms with Gasteiger partial charge in [-0.2, -0.15) is 4.98 Å². The van der Waals surface area contributed by atoms with E-state index in [9.17, 15) is 18.6 Å². The smallest absolute Gasteiger partial charge is 0.236 e. The van der Waals surface area contributed by atoms with Crippen molar-refractivity contribution < 1.29 is 18.6 Å². The van der Waals surface area contributed by atoms with Crippen molar-refractivity contribution in [3.63, 3.8) is 0 Å². The van der Waals surface area contributed by atoms with Crippen LogP contribution in [0.5, 0.6) is 5.75 Å². The minimum atomic E-state index is -3.62. The predicted molar refractivity (Wildman–Crippen MR) is 191 cm³/mol. The van der Waals surface area contributed by atoms with E-state index in [4.69, 9.17) is 4.98 Å². The lowest BCUT2D eigenvalue weighted by Gasteiger charge is -2.43. The Morgan fingerprint density at radius 3 is 2.49 bits per heavy atom. The molecular weight excluding hydrogens is 684 g/mol. The first-order valence-corrected chi connectivity index (χ1v) is 18.8. The van der Waals surface area contributed by atoms with Crippen molar-refractivity contribution in [2.45, 2.75) is 38.1 Å². The monoisotopic (exact) mass is 726 g/mol. The van der Waals surface area contributed by atoms with Gasteiger partial charge in [0, 0.05) is 81.1 Å². The Bertz CT molecular complexity index is 1820. The molecule has 0 spiro atoms. The largest absolute Gasteiger partial charge is 0.507 e. The number of nitrogens with zero attached hydrogens (tertiary/aromatic N) is 6. The number of hydrogen-bond acceptors (Lipinski definition) is 11. The van der Waals surface area contributed by atoms with Crippen LogP contribution < -0.4 is 15.5 Å². The summed E-state index contributed by atoms with van der Waals surface area (Å²) in [5.41, 5.74) is 4.11. The summed E-state index contributed by atoms with van der Waals surface area (Å²) in [6.07, 6.45) is 8.98. The number of aliphatic hydroxyl groups excluding tert-OH is 1. The van der Waals surface area contributed by atoms with E-state index in [1.165, 1.54) is 23.5 Å². The van der Waals surface area contributed by atoms with Gasteiger partial charge in [-0.15, -0.1) is 0 Å². The second-order valence-corrected chi connectivity index (χ2v) is 15.2. The number of phenols is 1. The lowest BCUT2D eigenvalue weighted by Crippen LogP contribution is -2.52. The van der Waals surface area contributed by atoms with Crippen LogP contribution in [0.1, 0.15) is 31.2 Å². The van der Waals surface area contributed by atoms with Crippen LogP contribution in [0.15, 0.2) is 53.3 Å². The Morgan fingerprint density at radius 1 is 1.00 bits per heavy atom. The molecular formula is C33H43BrN8O4S. The Kier molecular flexibility index (Phi) is 10.2. The van der Waals surface area contributed by atoms with Crippen molar-refractivity contribution in [2.75, 3.05) is 74.7 Å². The summed E-state index contributed by atoms with van der Waals surface area (Å²) in [6, 6.07) is 11.7. The third-order valence-corrected chi connectivity index (χ3v) is 10.8. The fraction of sp³-hybridized carbons (Fsp3) is 0.455. The summed E-state index contributed by atoms with van der Waals surface area (Å²) < 4.78 is 26.6. The van der Waals surface area contributed by atoms with Crippen molar-refractivity contribution in [2.24, 2.45) is 0 Å². The zero-order valence-corrected chi connectivity index (χ0v) is 29.3. The minimum absolute atomic E-state index is 0.0188. The second kappa shape index (κ2) is 14.4. The van der Waals surface area contributed by atoms with Gasteiger partial charge < -0.3 is 30.6 Å². The van der Waals surface area contributed by atoms with Crippen LogP contribution in [0.4, 0.5) is 28.8 Å². The lowest BCUT2D eigenvalue weighted by molar-refractivity contribution is 0.0982. The maximum atomic E-state index is 12.5. The highest BCUT2D eigenvalue weighted by Crippen LogP contribution is 2.36. The van der Waals surface area contributed by atoms with E-state index in [2.05, 4.69) is 71.5 Å². The average molecular weight is 728 g/mol. The first kappa shape index (κ1) is 33.5. The highest BCUT2D eigenvalue weighted by molar-refractivity contribution is 9.10. The van der Waals surface area contributed by atoms with E-state index in [1.54, 1.807) is 18.3 Å². The quantitative estimate of drug-likeness (QED) is 0.126. The van der Waals surface area contributed by atoms with Crippen molar-refractivity contribution >= 4 is 65.7 Å². The van der Waals surface area contributed by atoms with Crippen LogP contribution in [0.3, 0.4) is 0 Å². The summed E-state index contributed by atoms with van der Waals surface area (Å²) in [4.78, 5) is 16.7. The zero-order valence-electron chi connectivity index (χ0n) is 26.9. The number of rotatable bonds is 11. The molecule has 0 radical (unpaired) electrons. The number of nitrogens with one attached hydrogen (secondary N) is 2. The number of anilines is 5. The van der Waals surface area contributed by atoms with Gasteiger partial charge in [-0.25, -0.2) is 17.4 Å². The van der Waals surface area contributed by atoms with Gasteiger partial charge in [-0.05, 0) is 97.0 Å². The zero-order chi connectivity index (χ0) is 33.1. The molecule has 0 aliphatic carbocycles. The summed E-state index contributed by atoms with van der Waals surface area (Å²) in [5.74, 6) is 0.778. The van der Waals surface area contributed by atoms with Crippen LogP contribution in [-0.2, 0) is 16.4 Å². The van der Waals surface area contributed by atoms with Gasteiger partial charge in [0.1, 0.15) is 11.6 Å². The molecule has 4 heterocycles.